The minimum atomic E-state index is -0.595. The van der Waals surface area contributed by atoms with Crippen molar-refractivity contribution in [2.75, 3.05) is 6.61 Å². The van der Waals surface area contributed by atoms with Gasteiger partial charge in [0.2, 0.25) is 5.78 Å². The van der Waals surface area contributed by atoms with Gasteiger partial charge >= 0.3 is 5.97 Å². The Morgan fingerprint density at radius 1 is 1.03 bits per heavy atom. The lowest BCUT2D eigenvalue weighted by Crippen LogP contribution is -2.12. The van der Waals surface area contributed by atoms with Crippen LogP contribution in [0.25, 0.3) is 23.0 Å². The number of nitrogens with zero attached hydrogens (tertiary/aromatic N) is 2. The van der Waals surface area contributed by atoms with Crippen LogP contribution in [0, 0.1) is 6.92 Å². The van der Waals surface area contributed by atoms with E-state index in [0.717, 1.165) is 28.1 Å². The van der Waals surface area contributed by atoms with Crippen molar-refractivity contribution in [2.24, 2.45) is 0 Å². The third-order valence-electron chi connectivity index (χ3n) is 4.73. The van der Waals surface area contributed by atoms with E-state index in [4.69, 9.17) is 9.84 Å². The average Bonchev–Trinajstić information content (AvgIpc) is 3.48. The molecule has 0 bridgehead atoms. The largest absolute Gasteiger partial charge is 0.454 e. The summed E-state index contributed by atoms with van der Waals surface area (Å²) in [6, 6.07) is 21.1. The number of benzene rings is 2. The van der Waals surface area contributed by atoms with E-state index >= 15 is 0 Å². The molecule has 0 aliphatic carbocycles. The van der Waals surface area contributed by atoms with E-state index in [2.05, 4.69) is 4.98 Å². The third kappa shape index (κ3) is 4.87. The molecule has 0 saturated heterocycles. The number of Topliss-reactive ketones (excluding diaryl/α,β-unsaturated/α-hetero) is 1. The molecule has 4 rings (SSSR count). The lowest BCUT2D eigenvalue weighted by atomic mass is 10.1. The van der Waals surface area contributed by atoms with Crippen LogP contribution in [0.2, 0.25) is 0 Å². The standard InChI is InChI=1S/C25H21N3O3/c1-18-9-11-19(12-10-18)25-20(16-28(27-25)21-6-3-2-4-7-21)13-14-24(30)31-17-23(29)22-8-5-15-26-22/h2-16,26H,17H2,1H3/b14-13+. The van der Waals surface area contributed by atoms with Crippen molar-refractivity contribution in [3.63, 3.8) is 0 Å². The van der Waals surface area contributed by atoms with Crippen LogP contribution in [0.15, 0.2) is 85.2 Å². The number of hydrogen-bond donors (Lipinski definition) is 1. The van der Waals surface area contributed by atoms with Crippen LogP contribution in [-0.2, 0) is 9.53 Å². The van der Waals surface area contributed by atoms with Gasteiger partial charge in [-0.3, -0.25) is 4.79 Å². The van der Waals surface area contributed by atoms with Crippen LogP contribution in [0.4, 0.5) is 0 Å². The van der Waals surface area contributed by atoms with Gasteiger partial charge in [0.05, 0.1) is 17.1 Å². The minimum Gasteiger partial charge on any atom is -0.454 e. The van der Waals surface area contributed by atoms with Crippen LogP contribution < -0.4 is 0 Å². The number of esters is 1. The molecule has 0 unspecified atom stereocenters. The van der Waals surface area contributed by atoms with Crippen molar-refractivity contribution >= 4 is 17.8 Å². The van der Waals surface area contributed by atoms with Crippen molar-refractivity contribution in [1.29, 1.82) is 0 Å². The van der Waals surface area contributed by atoms with Gasteiger partial charge in [0.1, 0.15) is 0 Å². The van der Waals surface area contributed by atoms with Gasteiger partial charge in [-0.2, -0.15) is 5.10 Å². The zero-order chi connectivity index (χ0) is 21.6. The van der Waals surface area contributed by atoms with Crippen molar-refractivity contribution in [3.8, 4) is 16.9 Å². The molecule has 0 atom stereocenters. The van der Waals surface area contributed by atoms with Crippen LogP contribution >= 0.6 is 0 Å². The fourth-order valence-electron chi connectivity index (χ4n) is 3.08. The molecule has 0 aliphatic rings. The van der Waals surface area contributed by atoms with Crippen molar-refractivity contribution < 1.29 is 14.3 Å². The van der Waals surface area contributed by atoms with Crippen LogP contribution in [0.3, 0.4) is 0 Å². The number of aryl methyl sites for hydroxylation is 1. The monoisotopic (exact) mass is 411 g/mol. The Labute approximate surface area is 179 Å². The molecule has 31 heavy (non-hydrogen) atoms. The van der Waals surface area contributed by atoms with E-state index in [-0.39, 0.29) is 12.4 Å². The molecular formula is C25H21N3O3. The summed E-state index contributed by atoms with van der Waals surface area (Å²) in [6.45, 7) is 1.70. The molecule has 0 fully saturated rings. The zero-order valence-corrected chi connectivity index (χ0v) is 17.0. The molecule has 2 heterocycles. The van der Waals surface area contributed by atoms with E-state index in [0.29, 0.717) is 5.69 Å². The number of nitrogens with one attached hydrogen (secondary N) is 1. The van der Waals surface area contributed by atoms with Gasteiger partial charge in [-0.1, -0.05) is 48.0 Å². The number of rotatable bonds is 7. The second kappa shape index (κ2) is 9.09. The Balaban J connectivity index is 1.55. The van der Waals surface area contributed by atoms with E-state index in [1.807, 2.05) is 67.7 Å². The molecule has 0 radical (unpaired) electrons. The van der Waals surface area contributed by atoms with Crippen molar-refractivity contribution in [3.05, 3.63) is 102 Å². The molecule has 6 nitrogen and oxygen atoms in total. The molecule has 6 heteroatoms. The Bertz CT molecular complexity index is 1200. The number of para-hydroxylation sites is 1. The summed E-state index contributed by atoms with van der Waals surface area (Å²) in [5, 5.41) is 4.72. The molecule has 4 aromatic rings. The second-order valence-electron chi connectivity index (χ2n) is 7.03. The maximum absolute atomic E-state index is 12.2. The van der Waals surface area contributed by atoms with Crippen molar-refractivity contribution in [1.82, 2.24) is 14.8 Å². The van der Waals surface area contributed by atoms with Gasteiger partial charge < -0.3 is 9.72 Å². The van der Waals surface area contributed by atoms with E-state index in [1.54, 1.807) is 29.1 Å². The Kier molecular flexibility index (Phi) is 5.89. The number of ether oxygens (including phenoxy) is 1. The highest BCUT2D eigenvalue weighted by molar-refractivity contribution is 5.97. The maximum atomic E-state index is 12.2. The van der Waals surface area contributed by atoms with E-state index in [1.165, 1.54) is 6.08 Å². The first kappa shape index (κ1) is 20.1. The van der Waals surface area contributed by atoms with E-state index < -0.39 is 5.97 Å². The second-order valence-corrected chi connectivity index (χ2v) is 7.03. The summed E-state index contributed by atoms with van der Waals surface area (Å²) in [5.41, 5.74) is 4.92. The smallest absolute Gasteiger partial charge is 0.331 e. The van der Waals surface area contributed by atoms with Gasteiger partial charge in [0.15, 0.2) is 6.61 Å². The minimum absolute atomic E-state index is 0.288. The summed E-state index contributed by atoms with van der Waals surface area (Å²) in [6.07, 6.45) is 6.47. The highest BCUT2D eigenvalue weighted by Gasteiger charge is 2.12. The summed E-state index contributed by atoms with van der Waals surface area (Å²) in [4.78, 5) is 26.9. The number of ketones is 1. The van der Waals surface area contributed by atoms with E-state index in [9.17, 15) is 9.59 Å². The zero-order valence-electron chi connectivity index (χ0n) is 17.0. The fraction of sp³-hybridized carbons (Fsp3) is 0.0800. The fourth-order valence-corrected chi connectivity index (χ4v) is 3.08. The number of aromatic amines is 1. The van der Waals surface area contributed by atoms with Gasteiger partial charge in [-0.25, -0.2) is 9.48 Å². The van der Waals surface area contributed by atoms with Crippen LogP contribution in [0.1, 0.15) is 21.6 Å². The molecule has 1 N–H and O–H groups in total. The molecule has 2 aromatic heterocycles. The van der Waals surface area contributed by atoms with Gasteiger partial charge in [-0.05, 0) is 37.3 Å². The summed E-state index contributed by atoms with van der Waals surface area (Å²) < 4.78 is 6.85. The van der Waals surface area contributed by atoms with Crippen LogP contribution in [0.5, 0.6) is 0 Å². The first-order valence-corrected chi connectivity index (χ1v) is 9.84. The lowest BCUT2D eigenvalue weighted by Gasteiger charge is -2.01. The van der Waals surface area contributed by atoms with Crippen molar-refractivity contribution in [2.45, 2.75) is 6.92 Å². The SMILES string of the molecule is Cc1ccc(-c2nn(-c3ccccc3)cc2/C=C/C(=O)OCC(=O)c2ccc[nH]2)cc1. The molecule has 0 saturated carbocycles. The topological polar surface area (TPSA) is 77.0 Å². The quantitative estimate of drug-likeness (QED) is 0.274. The number of H-pyrrole nitrogens is 1. The predicted octanol–water partition coefficient (Wildman–Crippen LogP) is 4.62. The predicted molar refractivity (Wildman–Crippen MR) is 119 cm³/mol. The summed E-state index contributed by atoms with van der Waals surface area (Å²) in [5.74, 6) is -0.883. The number of aromatic nitrogens is 3. The maximum Gasteiger partial charge on any atom is 0.331 e. The number of carbonyl (C=O) groups excluding carboxylic acids is 2. The first-order chi connectivity index (χ1) is 15.1. The molecular weight excluding hydrogens is 390 g/mol. The van der Waals surface area contributed by atoms with Crippen LogP contribution in [-0.4, -0.2) is 33.1 Å². The average molecular weight is 411 g/mol. The molecule has 0 spiro atoms. The molecule has 2 aromatic carbocycles. The van der Waals surface area contributed by atoms with Gasteiger partial charge in [0.25, 0.3) is 0 Å². The number of carbonyl (C=O) groups is 2. The van der Waals surface area contributed by atoms with Gasteiger partial charge in [0, 0.05) is 29.6 Å². The lowest BCUT2D eigenvalue weighted by molar-refractivity contribution is -0.136. The molecule has 0 aliphatic heterocycles. The normalized spacial score (nSPS) is 11.0. The highest BCUT2D eigenvalue weighted by Crippen LogP contribution is 2.25. The molecule has 0 amide bonds. The first-order valence-electron chi connectivity index (χ1n) is 9.84. The van der Waals surface area contributed by atoms with Gasteiger partial charge in [-0.15, -0.1) is 0 Å². The molecule has 154 valence electrons. The Hall–Kier alpha value is -4.19. The number of hydrogen-bond acceptors (Lipinski definition) is 4. The Morgan fingerprint density at radius 3 is 2.52 bits per heavy atom. The summed E-state index contributed by atoms with van der Waals surface area (Å²) in [7, 11) is 0. The summed E-state index contributed by atoms with van der Waals surface area (Å²) >= 11 is 0. The third-order valence-corrected chi connectivity index (χ3v) is 4.73. The Morgan fingerprint density at radius 2 is 1.81 bits per heavy atom. The highest BCUT2D eigenvalue weighted by atomic mass is 16.5.